The molecule has 2 nitrogen and oxygen atoms in total. The van der Waals surface area contributed by atoms with E-state index in [9.17, 15) is 8.78 Å². The van der Waals surface area contributed by atoms with E-state index in [1.807, 2.05) is 0 Å². The molecule has 0 atom stereocenters. The third-order valence-corrected chi connectivity index (χ3v) is 2.96. The molecule has 0 aliphatic rings. The van der Waals surface area contributed by atoms with Crippen LogP contribution in [-0.2, 0) is 0 Å². The second-order valence-electron chi connectivity index (χ2n) is 3.68. The SMILES string of the molecule is N#Cc1ccc(Nc2c(Cl)cc(F)cc2Cl)cc1F. The summed E-state index contributed by atoms with van der Waals surface area (Å²) in [4.78, 5) is 0. The highest BCUT2D eigenvalue weighted by molar-refractivity contribution is 6.39. The van der Waals surface area contributed by atoms with E-state index in [4.69, 9.17) is 28.5 Å². The zero-order valence-electron chi connectivity index (χ0n) is 9.35. The molecule has 2 aromatic rings. The molecule has 0 bridgehead atoms. The number of nitriles is 1. The monoisotopic (exact) mass is 298 g/mol. The van der Waals surface area contributed by atoms with E-state index < -0.39 is 11.6 Å². The van der Waals surface area contributed by atoms with E-state index in [1.54, 1.807) is 6.07 Å². The summed E-state index contributed by atoms with van der Waals surface area (Å²) >= 11 is 11.7. The van der Waals surface area contributed by atoms with Crippen LogP contribution >= 0.6 is 23.2 Å². The highest BCUT2D eigenvalue weighted by atomic mass is 35.5. The average Bonchev–Trinajstić information content (AvgIpc) is 2.34. The Balaban J connectivity index is 2.37. The van der Waals surface area contributed by atoms with E-state index in [0.29, 0.717) is 5.69 Å². The molecule has 2 aromatic carbocycles. The Morgan fingerprint density at radius 1 is 1.05 bits per heavy atom. The summed E-state index contributed by atoms with van der Waals surface area (Å²) in [6.45, 7) is 0. The first-order valence-electron chi connectivity index (χ1n) is 5.12. The van der Waals surface area contributed by atoms with Gasteiger partial charge in [-0.25, -0.2) is 8.78 Å². The Hall–Kier alpha value is -1.83. The van der Waals surface area contributed by atoms with E-state index in [-0.39, 0.29) is 21.3 Å². The lowest BCUT2D eigenvalue weighted by molar-refractivity contribution is 0.624. The largest absolute Gasteiger partial charge is 0.353 e. The van der Waals surface area contributed by atoms with E-state index in [1.165, 1.54) is 12.1 Å². The van der Waals surface area contributed by atoms with Gasteiger partial charge in [-0.15, -0.1) is 0 Å². The molecule has 0 aliphatic carbocycles. The maximum atomic E-state index is 13.4. The van der Waals surface area contributed by atoms with Crippen LogP contribution in [0.3, 0.4) is 0 Å². The van der Waals surface area contributed by atoms with Gasteiger partial charge in [-0.2, -0.15) is 5.26 Å². The number of rotatable bonds is 2. The van der Waals surface area contributed by atoms with Crippen molar-refractivity contribution >= 4 is 34.6 Å². The molecule has 19 heavy (non-hydrogen) atoms. The normalized spacial score (nSPS) is 10.1. The lowest BCUT2D eigenvalue weighted by Crippen LogP contribution is -1.95. The molecule has 0 aromatic heterocycles. The molecular weight excluding hydrogens is 293 g/mol. The molecule has 0 saturated carbocycles. The van der Waals surface area contributed by atoms with Crippen LogP contribution in [0.5, 0.6) is 0 Å². The van der Waals surface area contributed by atoms with Crippen LogP contribution in [0.2, 0.25) is 10.0 Å². The minimum atomic E-state index is -0.665. The fraction of sp³-hybridized carbons (Fsp3) is 0. The standard InChI is InChI=1S/C13H6Cl2F2N2/c14-10-3-8(16)4-11(15)13(10)19-9-2-1-7(6-18)12(17)5-9/h1-5,19H. The number of halogens is 4. The predicted octanol–water partition coefficient (Wildman–Crippen LogP) is 4.89. The maximum absolute atomic E-state index is 13.4. The maximum Gasteiger partial charge on any atom is 0.143 e. The van der Waals surface area contributed by atoms with Crippen LogP contribution in [0.4, 0.5) is 20.2 Å². The second kappa shape index (κ2) is 5.43. The number of hydrogen-bond acceptors (Lipinski definition) is 2. The van der Waals surface area contributed by atoms with Gasteiger partial charge < -0.3 is 5.32 Å². The molecule has 0 unspecified atom stereocenters. The van der Waals surface area contributed by atoms with Gasteiger partial charge in [0, 0.05) is 5.69 Å². The average molecular weight is 299 g/mol. The van der Waals surface area contributed by atoms with Gasteiger partial charge in [-0.1, -0.05) is 23.2 Å². The van der Waals surface area contributed by atoms with Gasteiger partial charge in [-0.05, 0) is 30.3 Å². The first-order valence-corrected chi connectivity index (χ1v) is 5.88. The lowest BCUT2D eigenvalue weighted by Gasteiger charge is -2.11. The third kappa shape index (κ3) is 2.95. The van der Waals surface area contributed by atoms with Gasteiger partial charge in [0.25, 0.3) is 0 Å². The quantitative estimate of drug-likeness (QED) is 0.857. The summed E-state index contributed by atoms with van der Waals surface area (Å²) in [5, 5.41) is 11.6. The van der Waals surface area contributed by atoms with Crippen LogP contribution in [0.25, 0.3) is 0 Å². The van der Waals surface area contributed by atoms with Crippen LogP contribution in [0, 0.1) is 23.0 Å². The van der Waals surface area contributed by atoms with E-state index in [2.05, 4.69) is 5.32 Å². The molecule has 0 spiro atoms. The summed E-state index contributed by atoms with van der Waals surface area (Å²) in [5.41, 5.74) is 0.558. The van der Waals surface area contributed by atoms with Crippen molar-refractivity contribution in [2.75, 3.05) is 5.32 Å². The summed E-state index contributed by atoms with van der Waals surface area (Å²) in [6, 6.07) is 7.85. The molecule has 1 N–H and O–H groups in total. The number of nitrogens with zero attached hydrogens (tertiary/aromatic N) is 1. The van der Waals surface area contributed by atoms with Gasteiger partial charge in [-0.3, -0.25) is 0 Å². The fourth-order valence-electron chi connectivity index (χ4n) is 1.49. The minimum Gasteiger partial charge on any atom is -0.353 e. The van der Waals surface area contributed by atoms with Crippen molar-refractivity contribution in [1.29, 1.82) is 5.26 Å². The third-order valence-electron chi connectivity index (χ3n) is 2.37. The van der Waals surface area contributed by atoms with Gasteiger partial charge in [0.2, 0.25) is 0 Å². The molecule has 0 heterocycles. The Morgan fingerprint density at radius 2 is 1.68 bits per heavy atom. The van der Waals surface area contributed by atoms with Crippen molar-refractivity contribution < 1.29 is 8.78 Å². The smallest absolute Gasteiger partial charge is 0.143 e. The first kappa shape index (κ1) is 13.6. The second-order valence-corrected chi connectivity index (χ2v) is 4.49. The van der Waals surface area contributed by atoms with Gasteiger partial charge in [0.1, 0.15) is 17.7 Å². The molecule has 0 saturated heterocycles. The topological polar surface area (TPSA) is 35.8 Å². The molecule has 0 amide bonds. The fourth-order valence-corrected chi connectivity index (χ4v) is 2.04. The zero-order chi connectivity index (χ0) is 14.0. The summed E-state index contributed by atoms with van der Waals surface area (Å²) in [5.74, 6) is -1.23. The molecule has 6 heteroatoms. The molecular formula is C13H6Cl2F2N2. The van der Waals surface area contributed by atoms with Crippen molar-refractivity contribution in [3.63, 3.8) is 0 Å². The summed E-state index contributed by atoms with van der Waals surface area (Å²) in [6.07, 6.45) is 0. The molecule has 0 aliphatic heterocycles. The van der Waals surface area contributed by atoms with Crippen LogP contribution < -0.4 is 5.32 Å². The number of nitrogens with one attached hydrogen (secondary N) is 1. The highest BCUT2D eigenvalue weighted by Gasteiger charge is 2.10. The molecule has 0 fully saturated rings. The summed E-state index contributed by atoms with van der Waals surface area (Å²) in [7, 11) is 0. The minimum absolute atomic E-state index is 0.0677. The zero-order valence-corrected chi connectivity index (χ0v) is 10.9. The Morgan fingerprint density at radius 3 is 2.21 bits per heavy atom. The number of anilines is 2. The van der Waals surface area contributed by atoms with Crippen molar-refractivity contribution in [3.05, 3.63) is 57.6 Å². The van der Waals surface area contributed by atoms with Gasteiger partial charge in [0.15, 0.2) is 0 Å². The molecule has 96 valence electrons. The van der Waals surface area contributed by atoms with E-state index in [0.717, 1.165) is 18.2 Å². The van der Waals surface area contributed by atoms with Crippen LogP contribution in [-0.4, -0.2) is 0 Å². The molecule has 0 radical (unpaired) electrons. The first-order chi connectivity index (χ1) is 9.01. The molecule has 2 rings (SSSR count). The Bertz CT molecular complexity index is 658. The van der Waals surface area contributed by atoms with Gasteiger partial charge >= 0.3 is 0 Å². The van der Waals surface area contributed by atoms with Crippen molar-refractivity contribution in [2.45, 2.75) is 0 Å². The predicted molar refractivity (Wildman–Crippen MR) is 70.8 cm³/mol. The summed E-state index contributed by atoms with van der Waals surface area (Å²) < 4.78 is 26.4. The van der Waals surface area contributed by atoms with Gasteiger partial charge in [0.05, 0.1) is 21.3 Å². The van der Waals surface area contributed by atoms with Crippen LogP contribution in [0.1, 0.15) is 5.56 Å². The Labute approximate surface area is 118 Å². The van der Waals surface area contributed by atoms with Crippen molar-refractivity contribution in [3.8, 4) is 6.07 Å². The Kier molecular flexibility index (Phi) is 3.89. The highest BCUT2D eigenvalue weighted by Crippen LogP contribution is 2.34. The van der Waals surface area contributed by atoms with Crippen LogP contribution in [0.15, 0.2) is 30.3 Å². The van der Waals surface area contributed by atoms with Crippen molar-refractivity contribution in [2.24, 2.45) is 0 Å². The number of benzene rings is 2. The van der Waals surface area contributed by atoms with Crippen molar-refractivity contribution in [1.82, 2.24) is 0 Å². The number of hydrogen-bond donors (Lipinski definition) is 1. The lowest BCUT2D eigenvalue weighted by atomic mass is 10.2. The van der Waals surface area contributed by atoms with E-state index >= 15 is 0 Å².